The van der Waals surface area contributed by atoms with Gasteiger partial charge in [0, 0.05) is 5.92 Å². The van der Waals surface area contributed by atoms with Gasteiger partial charge < -0.3 is 0 Å². The van der Waals surface area contributed by atoms with E-state index in [4.69, 9.17) is 0 Å². The smallest absolute Gasteiger partial charge is 0.263 e. The molecule has 2 N–H and O–H groups in total. The van der Waals surface area contributed by atoms with Crippen LogP contribution in [-0.4, -0.2) is 38.8 Å². The number of hydrogen-bond acceptors (Lipinski definition) is 6. The molecule has 0 bridgehead atoms. The minimum Gasteiger partial charge on any atom is -0.263 e. The lowest BCUT2D eigenvalue weighted by atomic mass is 10.4. The van der Waals surface area contributed by atoms with Gasteiger partial charge in [-0.25, -0.2) is 18.4 Å². The van der Waals surface area contributed by atoms with E-state index >= 15 is 0 Å². The Bertz CT molecular complexity index is 699. The van der Waals surface area contributed by atoms with E-state index in [1.807, 2.05) is 0 Å². The molecule has 8 nitrogen and oxygen atoms in total. The van der Waals surface area contributed by atoms with Crippen LogP contribution in [0.1, 0.15) is 48.4 Å². The zero-order chi connectivity index (χ0) is 13.6. The van der Waals surface area contributed by atoms with E-state index in [1.54, 1.807) is 6.92 Å². The summed E-state index contributed by atoms with van der Waals surface area (Å²) in [5.41, 5.74) is 0. The molecule has 2 aromatic rings. The molecule has 0 radical (unpaired) electrons. The lowest BCUT2D eigenvalue weighted by Crippen LogP contribution is -2.14. The van der Waals surface area contributed by atoms with E-state index in [9.17, 15) is 8.42 Å². The van der Waals surface area contributed by atoms with Gasteiger partial charge in [0.2, 0.25) is 9.84 Å². The van der Waals surface area contributed by atoms with E-state index in [2.05, 4.69) is 30.4 Å². The summed E-state index contributed by atoms with van der Waals surface area (Å²) in [6.07, 6.45) is 2.06. The van der Waals surface area contributed by atoms with Crippen molar-refractivity contribution in [3.63, 3.8) is 0 Å². The van der Waals surface area contributed by atoms with E-state index in [0.29, 0.717) is 17.6 Å². The van der Waals surface area contributed by atoms with Gasteiger partial charge >= 0.3 is 0 Å². The Morgan fingerprint density at radius 2 is 1.95 bits per heavy atom. The molecule has 3 rings (SSSR count). The van der Waals surface area contributed by atoms with Crippen LogP contribution in [0, 0.1) is 6.92 Å². The highest BCUT2D eigenvalue weighted by Gasteiger charge is 2.34. The molecule has 1 aliphatic carbocycles. The van der Waals surface area contributed by atoms with Crippen LogP contribution in [0.2, 0.25) is 0 Å². The topological polar surface area (TPSA) is 117 Å². The summed E-state index contributed by atoms with van der Waals surface area (Å²) < 4.78 is 24.7. The summed E-state index contributed by atoms with van der Waals surface area (Å²) in [7, 11) is -3.66. The fourth-order valence-corrected chi connectivity index (χ4v) is 2.86. The molecule has 19 heavy (non-hydrogen) atoms. The molecule has 0 amide bonds. The van der Waals surface area contributed by atoms with E-state index in [-0.39, 0.29) is 11.0 Å². The molecule has 1 saturated carbocycles. The van der Waals surface area contributed by atoms with Crippen LogP contribution in [0.4, 0.5) is 0 Å². The first-order valence-electron chi connectivity index (χ1n) is 6.03. The van der Waals surface area contributed by atoms with E-state index in [0.717, 1.165) is 12.8 Å². The first-order valence-corrected chi connectivity index (χ1v) is 7.58. The number of aromatic nitrogens is 6. The maximum absolute atomic E-state index is 12.4. The number of H-pyrrole nitrogens is 2. The summed E-state index contributed by atoms with van der Waals surface area (Å²) in [4.78, 5) is 8.12. The van der Waals surface area contributed by atoms with Gasteiger partial charge in [-0.15, -0.1) is 5.10 Å². The SMILES string of the molecule is Cc1nc(C(C)S(=O)(=O)c2n[nH]c(C3CC3)n2)n[nH]1. The maximum Gasteiger partial charge on any atom is 0.267 e. The molecule has 9 heteroatoms. The van der Waals surface area contributed by atoms with Gasteiger partial charge in [-0.1, -0.05) is 0 Å². The summed E-state index contributed by atoms with van der Waals surface area (Å²) >= 11 is 0. The Kier molecular flexibility index (Phi) is 2.66. The van der Waals surface area contributed by atoms with Crippen molar-refractivity contribution in [2.24, 2.45) is 0 Å². The zero-order valence-corrected chi connectivity index (χ0v) is 11.4. The van der Waals surface area contributed by atoms with Crippen molar-refractivity contribution in [1.29, 1.82) is 0 Å². The molecule has 0 aromatic carbocycles. The third-order valence-electron chi connectivity index (χ3n) is 3.14. The largest absolute Gasteiger partial charge is 0.267 e. The number of hydrogen-bond donors (Lipinski definition) is 2. The molecule has 0 aliphatic heterocycles. The number of aryl methyl sites for hydroxylation is 1. The average molecular weight is 282 g/mol. The zero-order valence-electron chi connectivity index (χ0n) is 10.6. The van der Waals surface area contributed by atoms with Gasteiger partial charge in [-0.3, -0.25) is 10.2 Å². The fraction of sp³-hybridized carbons (Fsp3) is 0.600. The van der Waals surface area contributed by atoms with Crippen molar-refractivity contribution in [2.45, 2.75) is 43.0 Å². The van der Waals surface area contributed by atoms with Gasteiger partial charge in [0.05, 0.1) is 0 Å². The number of nitrogens with one attached hydrogen (secondary N) is 2. The predicted octanol–water partition coefficient (Wildman–Crippen LogP) is 0.644. The third-order valence-corrected chi connectivity index (χ3v) is 4.98. The molecule has 0 spiro atoms. The molecule has 2 heterocycles. The monoisotopic (exact) mass is 282 g/mol. The van der Waals surface area contributed by atoms with Crippen LogP contribution in [0.15, 0.2) is 5.16 Å². The predicted molar refractivity (Wildman–Crippen MR) is 65.1 cm³/mol. The Morgan fingerprint density at radius 1 is 1.21 bits per heavy atom. The number of rotatable bonds is 4. The van der Waals surface area contributed by atoms with Crippen molar-refractivity contribution in [2.75, 3.05) is 0 Å². The van der Waals surface area contributed by atoms with Gasteiger partial charge in [0.25, 0.3) is 5.16 Å². The Hall–Kier alpha value is -1.77. The van der Waals surface area contributed by atoms with Crippen molar-refractivity contribution >= 4 is 9.84 Å². The Morgan fingerprint density at radius 3 is 2.53 bits per heavy atom. The van der Waals surface area contributed by atoms with Crippen LogP contribution in [0.5, 0.6) is 0 Å². The van der Waals surface area contributed by atoms with E-state index < -0.39 is 15.1 Å². The van der Waals surface area contributed by atoms with Crippen molar-refractivity contribution in [3.05, 3.63) is 17.5 Å². The van der Waals surface area contributed by atoms with Crippen LogP contribution < -0.4 is 0 Å². The first-order chi connectivity index (χ1) is 8.98. The molecule has 2 aromatic heterocycles. The Balaban J connectivity index is 1.92. The lowest BCUT2D eigenvalue weighted by molar-refractivity contribution is 0.574. The van der Waals surface area contributed by atoms with Gasteiger partial charge in [-0.2, -0.15) is 5.10 Å². The molecule has 1 atom stereocenters. The highest BCUT2D eigenvalue weighted by molar-refractivity contribution is 7.91. The summed E-state index contributed by atoms with van der Waals surface area (Å²) in [6.45, 7) is 3.25. The van der Waals surface area contributed by atoms with Crippen molar-refractivity contribution < 1.29 is 8.42 Å². The number of nitrogens with zero attached hydrogens (tertiary/aromatic N) is 4. The van der Waals surface area contributed by atoms with Crippen molar-refractivity contribution in [1.82, 2.24) is 30.4 Å². The average Bonchev–Trinajstić information content (AvgIpc) is 2.93. The minimum absolute atomic E-state index is 0.177. The highest BCUT2D eigenvalue weighted by atomic mass is 32.2. The molecule has 0 saturated heterocycles. The van der Waals surface area contributed by atoms with Gasteiger partial charge in [0.15, 0.2) is 5.82 Å². The van der Waals surface area contributed by atoms with Crippen LogP contribution in [-0.2, 0) is 9.84 Å². The molecular formula is C10H14N6O2S. The Labute approximate surface area is 110 Å². The summed E-state index contributed by atoms with van der Waals surface area (Å²) in [6, 6.07) is 0. The lowest BCUT2D eigenvalue weighted by Gasteiger charge is -2.05. The van der Waals surface area contributed by atoms with Gasteiger partial charge in [0.1, 0.15) is 16.9 Å². The van der Waals surface area contributed by atoms with Crippen LogP contribution >= 0.6 is 0 Å². The normalized spacial score (nSPS) is 17.6. The quantitative estimate of drug-likeness (QED) is 0.849. The summed E-state index contributed by atoms with van der Waals surface area (Å²) in [5.74, 6) is 1.79. The van der Waals surface area contributed by atoms with E-state index in [1.165, 1.54) is 6.92 Å². The fourth-order valence-electron chi connectivity index (χ4n) is 1.76. The summed E-state index contributed by atoms with van der Waals surface area (Å²) in [5, 5.41) is 12.0. The number of sulfone groups is 1. The maximum atomic E-state index is 12.4. The molecule has 1 unspecified atom stereocenters. The molecule has 1 aliphatic rings. The van der Waals surface area contributed by atoms with Gasteiger partial charge in [-0.05, 0) is 26.7 Å². The van der Waals surface area contributed by atoms with Crippen LogP contribution in [0.3, 0.4) is 0 Å². The first kappa shape index (κ1) is 12.3. The standard InChI is InChI=1S/C10H14N6O2S/c1-5(8-11-6(2)13-14-8)19(17,18)10-12-9(15-16-10)7-3-4-7/h5,7H,3-4H2,1-2H3,(H,11,13,14)(H,12,15,16). The minimum atomic E-state index is -3.66. The third kappa shape index (κ3) is 2.14. The second-order valence-electron chi connectivity index (χ2n) is 4.74. The number of aromatic amines is 2. The van der Waals surface area contributed by atoms with Crippen molar-refractivity contribution in [3.8, 4) is 0 Å². The second-order valence-corrected chi connectivity index (χ2v) is 6.91. The highest BCUT2D eigenvalue weighted by Crippen LogP contribution is 2.38. The molecule has 102 valence electrons. The second kappa shape index (κ2) is 4.12. The molecule has 1 fully saturated rings. The van der Waals surface area contributed by atoms with Crippen LogP contribution in [0.25, 0.3) is 0 Å². The molecular weight excluding hydrogens is 268 g/mol.